The van der Waals surface area contributed by atoms with Crippen molar-refractivity contribution in [2.45, 2.75) is 57.9 Å². The van der Waals surface area contributed by atoms with Gasteiger partial charge in [-0.05, 0) is 43.4 Å². The first-order chi connectivity index (χ1) is 14.5. The Morgan fingerprint density at radius 3 is 2.43 bits per heavy atom. The largest absolute Gasteiger partial charge is 0.338 e. The zero-order valence-corrected chi connectivity index (χ0v) is 17.3. The van der Waals surface area contributed by atoms with Gasteiger partial charge < -0.3 is 10.2 Å². The van der Waals surface area contributed by atoms with E-state index in [0.29, 0.717) is 18.7 Å². The molecule has 0 radical (unpaired) electrons. The fourth-order valence-corrected chi connectivity index (χ4v) is 4.88. The maximum absolute atomic E-state index is 12.5. The fraction of sp³-hybridized carbons (Fsp3) is 0.565. The normalized spacial score (nSPS) is 24.2. The molecule has 2 heterocycles. The van der Waals surface area contributed by atoms with E-state index in [1.54, 1.807) is 6.07 Å². The van der Waals surface area contributed by atoms with Gasteiger partial charge in [0.25, 0.3) is 0 Å². The van der Waals surface area contributed by atoms with E-state index >= 15 is 0 Å². The van der Waals surface area contributed by atoms with E-state index in [4.69, 9.17) is 0 Å². The highest BCUT2D eigenvalue weighted by atomic mass is 16.2. The Morgan fingerprint density at radius 1 is 1.00 bits per heavy atom. The first kappa shape index (κ1) is 20.6. The third kappa shape index (κ3) is 4.40. The minimum Gasteiger partial charge on any atom is -0.338 e. The van der Waals surface area contributed by atoms with E-state index in [-0.39, 0.29) is 48.4 Å². The summed E-state index contributed by atoms with van der Waals surface area (Å²) in [6.45, 7) is 1.45. The molecule has 7 heteroatoms. The third-order valence-corrected chi connectivity index (χ3v) is 6.50. The van der Waals surface area contributed by atoms with Crippen molar-refractivity contribution in [2.75, 3.05) is 18.4 Å². The number of imide groups is 1. The SMILES string of the molecule is O=C(CCN1C(=O)C2CCCCC2C1=O)Nc1cccc(CN2CCCCC2=O)c1. The van der Waals surface area contributed by atoms with Crippen molar-refractivity contribution >= 4 is 29.3 Å². The van der Waals surface area contributed by atoms with Crippen LogP contribution >= 0.6 is 0 Å². The number of carbonyl (C=O) groups excluding carboxylic acids is 4. The van der Waals surface area contributed by atoms with Crippen LogP contribution in [0.15, 0.2) is 24.3 Å². The number of anilines is 1. The van der Waals surface area contributed by atoms with E-state index in [1.165, 1.54) is 4.90 Å². The number of likely N-dealkylation sites (tertiary alicyclic amines) is 2. The molecule has 2 aliphatic heterocycles. The highest BCUT2D eigenvalue weighted by molar-refractivity contribution is 6.05. The van der Waals surface area contributed by atoms with Crippen molar-refractivity contribution in [3.05, 3.63) is 29.8 Å². The minimum absolute atomic E-state index is 0.0890. The molecule has 3 fully saturated rings. The van der Waals surface area contributed by atoms with Gasteiger partial charge in [-0.3, -0.25) is 24.1 Å². The van der Waals surface area contributed by atoms with Crippen molar-refractivity contribution in [3.63, 3.8) is 0 Å². The second-order valence-corrected chi connectivity index (χ2v) is 8.60. The average molecular weight is 412 g/mol. The van der Waals surface area contributed by atoms with Gasteiger partial charge >= 0.3 is 0 Å². The molecular formula is C23H29N3O4. The van der Waals surface area contributed by atoms with Crippen LogP contribution in [0.2, 0.25) is 0 Å². The van der Waals surface area contributed by atoms with E-state index in [0.717, 1.165) is 50.6 Å². The Kier molecular flexibility index (Phi) is 6.16. The molecule has 30 heavy (non-hydrogen) atoms. The zero-order chi connectivity index (χ0) is 21.1. The number of amides is 4. The number of hydrogen-bond acceptors (Lipinski definition) is 4. The lowest BCUT2D eigenvalue weighted by molar-refractivity contribution is -0.140. The van der Waals surface area contributed by atoms with Crippen LogP contribution in [0.3, 0.4) is 0 Å². The van der Waals surface area contributed by atoms with E-state index in [9.17, 15) is 19.2 Å². The average Bonchev–Trinajstić information content (AvgIpc) is 2.99. The summed E-state index contributed by atoms with van der Waals surface area (Å²) in [5.74, 6) is -0.615. The number of benzene rings is 1. The minimum atomic E-state index is -0.225. The molecule has 2 atom stereocenters. The molecule has 2 unspecified atom stereocenters. The van der Waals surface area contributed by atoms with E-state index in [1.807, 2.05) is 23.1 Å². The van der Waals surface area contributed by atoms with Gasteiger partial charge in [0.15, 0.2) is 0 Å². The molecule has 4 amide bonds. The Labute approximate surface area is 176 Å². The molecule has 0 aromatic heterocycles. The van der Waals surface area contributed by atoms with Crippen LogP contribution in [-0.2, 0) is 25.7 Å². The molecule has 2 saturated heterocycles. The van der Waals surface area contributed by atoms with Gasteiger partial charge in [-0.2, -0.15) is 0 Å². The fourth-order valence-electron chi connectivity index (χ4n) is 4.88. The van der Waals surface area contributed by atoms with Crippen molar-refractivity contribution in [1.29, 1.82) is 0 Å². The number of hydrogen-bond donors (Lipinski definition) is 1. The Balaban J connectivity index is 1.30. The summed E-state index contributed by atoms with van der Waals surface area (Å²) in [7, 11) is 0. The van der Waals surface area contributed by atoms with E-state index < -0.39 is 0 Å². The molecule has 0 bridgehead atoms. The molecule has 1 N–H and O–H groups in total. The van der Waals surface area contributed by atoms with Crippen LogP contribution in [0.25, 0.3) is 0 Å². The highest BCUT2D eigenvalue weighted by Gasteiger charge is 2.47. The van der Waals surface area contributed by atoms with Crippen molar-refractivity contribution in [1.82, 2.24) is 9.80 Å². The molecule has 4 rings (SSSR count). The predicted octanol–water partition coefficient (Wildman–Crippen LogP) is 2.70. The van der Waals surface area contributed by atoms with Crippen molar-refractivity contribution in [2.24, 2.45) is 11.8 Å². The smallest absolute Gasteiger partial charge is 0.233 e. The zero-order valence-electron chi connectivity index (χ0n) is 17.3. The highest BCUT2D eigenvalue weighted by Crippen LogP contribution is 2.38. The first-order valence-corrected chi connectivity index (χ1v) is 11.0. The molecular weight excluding hydrogens is 382 g/mol. The van der Waals surface area contributed by atoms with Gasteiger partial charge in [-0.15, -0.1) is 0 Å². The summed E-state index contributed by atoms with van der Waals surface area (Å²) in [5, 5.41) is 2.86. The predicted molar refractivity (Wildman–Crippen MR) is 111 cm³/mol. The number of nitrogens with zero attached hydrogens (tertiary/aromatic N) is 2. The van der Waals surface area contributed by atoms with Gasteiger partial charge in [-0.1, -0.05) is 25.0 Å². The lowest BCUT2D eigenvalue weighted by Crippen LogP contribution is -2.34. The maximum Gasteiger partial charge on any atom is 0.233 e. The summed E-state index contributed by atoms with van der Waals surface area (Å²) in [4.78, 5) is 52.6. The summed E-state index contributed by atoms with van der Waals surface area (Å²) < 4.78 is 0. The van der Waals surface area contributed by atoms with Gasteiger partial charge in [-0.25, -0.2) is 0 Å². The summed E-state index contributed by atoms with van der Waals surface area (Å²) >= 11 is 0. The Hall–Kier alpha value is -2.70. The van der Waals surface area contributed by atoms with Gasteiger partial charge in [0, 0.05) is 38.2 Å². The molecule has 1 aromatic carbocycles. The topological polar surface area (TPSA) is 86.8 Å². The van der Waals surface area contributed by atoms with Crippen LogP contribution in [0.1, 0.15) is 56.9 Å². The summed E-state index contributed by atoms with van der Waals surface area (Å²) in [6.07, 6.45) is 6.22. The van der Waals surface area contributed by atoms with Crippen LogP contribution in [-0.4, -0.2) is 46.5 Å². The Morgan fingerprint density at radius 2 is 1.73 bits per heavy atom. The number of carbonyl (C=O) groups is 4. The summed E-state index contributed by atoms with van der Waals surface area (Å²) in [5.41, 5.74) is 1.63. The number of nitrogens with one attached hydrogen (secondary N) is 1. The number of rotatable bonds is 6. The summed E-state index contributed by atoms with van der Waals surface area (Å²) in [6, 6.07) is 7.49. The Bertz CT molecular complexity index is 829. The monoisotopic (exact) mass is 411 g/mol. The molecule has 160 valence electrons. The van der Waals surface area contributed by atoms with Crippen LogP contribution in [0.5, 0.6) is 0 Å². The lowest BCUT2D eigenvalue weighted by atomic mass is 9.81. The maximum atomic E-state index is 12.5. The molecule has 3 aliphatic rings. The lowest BCUT2D eigenvalue weighted by Gasteiger charge is -2.26. The molecule has 0 spiro atoms. The van der Waals surface area contributed by atoms with Crippen LogP contribution < -0.4 is 5.32 Å². The van der Waals surface area contributed by atoms with Gasteiger partial charge in [0.1, 0.15) is 0 Å². The molecule has 1 aromatic rings. The van der Waals surface area contributed by atoms with E-state index in [2.05, 4.69) is 5.32 Å². The standard InChI is InChI=1S/C23H29N3O4/c27-20(11-13-26-22(29)18-8-1-2-9-19(18)23(26)30)24-17-7-5-6-16(14-17)15-25-12-4-3-10-21(25)28/h5-7,14,18-19H,1-4,8-13,15H2,(H,24,27). The molecule has 1 aliphatic carbocycles. The quantitative estimate of drug-likeness (QED) is 0.729. The second kappa shape index (κ2) is 8.98. The second-order valence-electron chi connectivity index (χ2n) is 8.60. The number of piperidine rings is 1. The van der Waals surface area contributed by atoms with Crippen molar-refractivity contribution < 1.29 is 19.2 Å². The van der Waals surface area contributed by atoms with Crippen LogP contribution in [0.4, 0.5) is 5.69 Å². The van der Waals surface area contributed by atoms with Crippen molar-refractivity contribution in [3.8, 4) is 0 Å². The van der Waals surface area contributed by atoms with Gasteiger partial charge in [0.2, 0.25) is 23.6 Å². The third-order valence-electron chi connectivity index (χ3n) is 6.50. The van der Waals surface area contributed by atoms with Gasteiger partial charge in [0.05, 0.1) is 11.8 Å². The molecule has 7 nitrogen and oxygen atoms in total. The number of fused-ring (bicyclic) bond motifs is 1. The van der Waals surface area contributed by atoms with Crippen LogP contribution in [0, 0.1) is 11.8 Å². The first-order valence-electron chi connectivity index (χ1n) is 11.0. The molecule has 1 saturated carbocycles.